The molecule has 0 N–H and O–H groups in total. The van der Waals surface area contributed by atoms with Crippen molar-refractivity contribution >= 4 is 5.91 Å². The highest BCUT2D eigenvalue weighted by Gasteiger charge is 2.21. The van der Waals surface area contributed by atoms with Gasteiger partial charge in [0.25, 0.3) is 5.91 Å². The average Bonchev–Trinajstić information content (AvgIpc) is 2.73. The lowest BCUT2D eigenvalue weighted by Crippen LogP contribution is -2.49. The van der Waals surface area contributed by atoms with E-state index in [1.54, 1.807) is 18.2 Å². The molecule has 2 aromatic rings. The molecule has 0 aromatic heterocycles. The summed E-state index contributed by atoms with van der Waals surface area (Å²) in [6, 6.07) is 17.3. The molecule has 0 atom stereocenters. The second-order valence-corrected chi connectivity index (χ2v) is 6.41. The number of hydrogen-bond donors (Lipinski definition) is 0. The third kappa shape index (κ3) is 4.99. The molecule has 140 valence electrons. The summed E-state index contributed by atoms with van der Waals surface area (Å²) in [4.78, 5) is 16.6. The second kappa shape index (κ2) is 9.06. The minimum Gasteiger partial charge on any atom is -0.493 e. The van der Waals surface area contributed by atoms with E-state index in [2.05, 4.69) is 23.1 Å². The number of benzene rings is 2. The number of nitrogens with zero attached hydrogens (tertiary/aromatic N) is 3. The summed E-state index contributed by atoms with van der Waals surface area (Å²) in [7, 11) is 1.51. The van der Waals surface area contributed by atoms with Crippen LogP contribution in [0.3, 0.4) is 0 Å². The Balaban J connectivity index is 1.48. The molecule has 3 rings (SSSR count). The van der Waals surface area contributed by atoms with Crippen LogP contribution in [0.1, 0.15) is 11.1 Å². The Morgan fingerprint density at radius 1 is 1.07 bits per heavy atom. The van der Waals surface area contributed by atoms with Crippen molar-refractivity contribution in [2.24, 2.45) is 0 Å². The quantitative estimate of drug-likeness (QED) is 0.786. The lowest BCUT2D eigenvalue weighted by Gasteiger charge is -2.34. The first-order valence-corrected chi connectivity index (χ1v) is 8.94. The van der Waals surface area contributed by atoms with Gasteiger partial charge < -0.3 is 14.4 Å². The van der Waals surface area contributed by atoms with Gasteiger partial charge >= 0.3 is 0 Å². The predicted molar refractivity (Wildman–Crippen MR) is 102 cm³/mol. The molecule has 1 saturated heterocycles. The summed E-state index contributed by atoms with van der Waals surface area (Å²) < 4.78 is 10.9. The summed E-state index contributed by atoms with van der Waals surface area (Å²) >= 11 is 0. The number of piperazine rings is 1. The predicted octanol–water partition coefficient (Wildman–Crippen LogP) is 2.29. The summed E-state index contributed by atoms with van der Waals surface area (Å²) in [5.41, 5.74) is 1.77. The van der Waals surface area contributed by atoms with Crippen molar-refractivity contribution in [1.82, 2.24) is 9.80 Å². The van der Waals surface area contributed by atoms with Gasteiger partial charge in [0.1, 0.15) is 0 Å². The van der Waals surface area contributed by atoms with E-state index in [0.717, 1.165) is 19.6 Å². The highest BCUT2D eigenvalue weighted by molar-refractivity contribution is 5.78. The number of nitriles is 1. The van der Waals surface area contributed by atoms with Gasteiger partial charge in [-0.1, -0.05) is 30.3 Å². The largest absolute Gasteiger partial charge is 0.493 e. The van der Waals surface area contributed by atoms with Crippen LogP contribution >= 0.6 is 0 Å². The molecule has 0 bridgehead atoms. The zero-order chi connectivity index (χ0) is 19.1. The first-order valence-electron chi connectivity index (χ1n) is 8.94. The van der Waals surface area contributed by atoms with Gasteiger partial charge in [0.05, 0.1) is 18.7 Å². The van der Waals surface area contributed by atoms with Gasteiger partial charge in [0, 0.05) is 38.8 Å². The van der Waals surface area contributed by atoms with Crippen LogP contribution < -0.4 is 9.47 Å². The summed E-state index contributed by atoms with van der Waals surface area (Å²) in [6.07, 6.45) is 0. The van der Waals surface area contributed by atoms with Crippen LogP contribution in [-0.2, 0) is 11.3 Å². The van der Waals surface area contributed by atoms with Crippen LogP contribution in [0.4, 0.5) is 0 Å². The molecule has 1 aliphatic rings. The van der Waals surface area contributed by atoms with Crippen LogP contribution in [-0.4, -0.2) is 55.6 Å². The molecular formula is C21H23N3O3. The van der Waals surface area contributed by atoms with E-state index in [4.69, 9.17) is 14.7 Å². The number of amides is 1. The highest BCUT2D eigenvalue weighted by Crippen LogP contribution is 2.27. The number of ether oxygens (including phenoxy) is 2. The maximum Gasteiger partial charge on any atom is 0.260 e. The first kappa shape index (κ1) is 18.7. The molecule has 1 aliphatic heterocycles. The van der Waals surface area contributed by atoms with Crippen molar-refractivity contribution in [3.8, 4) is 17.6 Å². The molecule has 0 spiro atoms. The molecule has 2 aromatic carbocycles. The molecule has 1 amide bonds. The minimum atomic E-state index is -0.0410. The molecule has 0 radical (unpaired) electrons. The molecule has 6 heteroatoms. The van der Waals surface area contributed by atoms with Crippen LogP contribution in [0.25, 0.3) is 0 Å². The fraction of sp³-hybridized carbons (Fsp3) is 0.333. The Morgan fingerprint density at radius 3 is 2.48 bits per heavy atom. The van der Waals surface area contributed by atoms with Crippen molar-refractivity contribution < 1.29 is 14.3 Å². The molecule has 6 nitrogen and oxygen atoms in total. The van der Waals surface area contributed by atoms with E-state index in [0.29, 0.717) is 30.2 Å². The summed E-state index contributed by atoms with van der Waals surface area (Å²) in [5, 5.41) is 8.94. The Morgan fingerprint density at radius 2 is 1.81 bits per heavy atom. The summed E-state index contributed by atoms with van der Waals surface area (Å²) in [5.74, 6) is 0.878. The van der Waals surface area contributed by atoms with Crippen molar-refractivity contribution in [1.29, 1.82) is 5.26 Å². The molecule has 0 aliphatic carbocycles. The summed E-state index contributed by atoms with van der Waals surface area (Å²) in [6.45, 7) is 3.95. The monoisotopic (exact) mass is 365 g/mol. The molecular weight excluding hydrogens is 342 g/mol. The molecule has 1 heterocycles. The number of methoxy groups -OCH3 is 1. The van der Waals surface area contributed by atoms with E-state index < -0.39 is 0 Å². The normalized spacial score (nSPS) is 14.4. The average molecular weight is 365 g/mol. The molecule has 0 unspecified atom stereocenters. The van der Waals surface area contributed by atoms with Crippen molar-refractivity contribution in [2.75, 3.05) is 39.9 Å². The van der Waals surface area contributed by atoms with Gasteiger partial charge in [-0.15, -0.1) is 0 Å². The van der Waals surface area contributed by atoms with Crippen LogP contribution in [0.15, 0.2) is 48.5 Å². The van der Waals surface area contributed by atoms with Crippen LogP contribution in [0.2, 0.25) is 0 Å². The Labute approximate surface area is 159 Å². The van der Waals surface area contributed by atoms with Crippen molar-refractivity contribution in [2.45, 2.75) is 6.54 Å². The molecule has 1 fully saturated rings. The van der Waals surface area contributed by atoms with Gasteiger partial charge in [0.15, 0.2) is 18.1 Å². The van der Waals surface area contributed by atoms with E-state index in [9.17, 15) is 4.79 Å². The highest BCUT2D eigenvalue weighted by atomic mass is 16.5. The molecule has 0 saturated carbocycles. The van der Waals surface area contributed by atoms with Gasteiger partial charge in [-0.25, -0.2) is 0 Å². The maximum absolute atomic E-state index is 12.4. The van der Waals surface area contributed by atoms with Gasteiger partial charge in [0.2, 0.25) is 0 Å². The lowest BCUT2D eigenvalue weighted by molar-refractivity contribution is -0.135. The maximum atomic E-state index is 12.4. The smallest absolute Gasteiger partial charge is 0.260 e. The minimum absolute atomic E-state index is 0.0407. The van der Waals surface area contributed by atoms with Crippen LogP contribution in [0.5, 0.6) is 11.5 Å². The van der Waals surface area contributed by atoms with Gasteiger partial charge in [-0.3, -0.25) is 9.69 Å². The number of hydrogen-bond acceptors (Lipinski definition) is 5. The fourth-order valence-corrected chi connectivity index (χ4v) is 3.08. The standard InChI is InChI=1S/C21H23N3O3/c1-26-20-13-18(14-22)7-8-19(20)27-16-21(25)24-11-9-23(10-12-24)15-17-5-3-2-4-6-17/h2-8,13H,9-12,15-16H2,1H3. The SMILES string of the molecule is COc1cc(C#N)ccc1OCC(=O)N1CCN(Cc2ccccc2)CC1. The van der Waals surface area contributed by atoms with Gasteiger partial charge in [-0.2, -0.15) is 5.26 Å². The van der Waals surface area contributed by atoms with Crippen molar-refractivity contribution in [3.05, 3.63) is 59.7 Å². The Bertz CT molecular complexity index is 809. The van der Waals surface area contributed by atoms with Crippen LogP contribution in [0, 0.1) is 11.3 Å². The second-order valence-electron chi connectivity index (χ2n) is 6.41. The topological polar surface area (TPSA) is 65.8 Å². The van der Waals surface area contributed by atoms with Crippen molar-refractivity contribution in [3.63, 3.8) is 0 Å². The fourth-order valence-electron chi connectivity index (χ4n) is 3.08. The molecule has 27 heavy (non-hydrogen) atoms. The third-order valence-corrected chi connectivity index (χ3v) is 4.62. The first-order chi connectivity index (χ1) is 13.2. The Kier molecular flexibility index (Phi) is 6.29. The zero-order valence-electron chi connectivity index (χ0n) is 15.4. The number of carbonyl (C=O) groups excluding carboxylic acids is 1. The van der Waals surface area contributed by atoms with E-state index in [1.807, 2.05) is 23.1 Å². The number of rotatable bonds is 6. The van der Waals surface area contributed by atoms with E-state index in [-0.39, 0.29) is 12.5 Å². The zero-order valence-corrected chi connectivity index (χ0v) is 15.4. The third-order valence-electron chi connectivity index (χ3n) is 4.62. The van der Waals surface area contributed by atoms with E-state index >= 15 is 0 Å². The van der Waals surface area contributed by atoms with Gasteiger partial charge in [-0.05, 0) is 17.7 Å². The lowest BCUT2D eigenvalue weighted by atomic mass is 10.2. The number of carbonyl (C=O) groups is 1. The van der Waals surface area contributed by atoms with E-state index in [1.165, 1.54) is 12.7 Å². The Hall–Kier alpha value is -3.04.